The topological polar surface area (TPSA) is 38.8 Å². The molecular weight excluding hydrogens is 350 g/mol. The summed E-state index contributed by atoms with van der Waals surface area (Å²) in [5.74, 6) is 0.201. The van der Waals surface area contributed by atoms with Crippen molar-refractivity contribution in [3.05, 3.63) is 59.0 Å². The zero-order valence-electron chi connectivity index (χ0n) is 23.3. The summed E-state index contributed by atoms with van der Waals surface area (Å²) in [6, 6.07) is -1.23. The van der Waals surface area contributed by atoms with E-state index >= 15 is 0 Å². The molecule has 28 heavy (non-hydrogen) atoms. The summed E-state index contributed by atoms with van der Waals surface area (Å²) in [5, 5.41) is 0. The van der Waals surface area contributed by atoms with Gasteiger partial charge in [0.25, 0.3) is 0 Å². The van der Waals surface area contributed by atoms with Gasteiger partial charge in [-0.2, -0.15) is 0 Å². The quantitative estimate of drug-likeness (QED) is 0.739. The van der Waals surface area contributed by atoms with Crippen LogP contribution in [0, 0.1) is 11.8 Å². The lowest BCUT2D eigenvalue weighted by atomic mass is 9.85. The van der Waals surface area contributed by atoms with Crippen LogP contribution in [-0.4, -0.2) is 38.0 Å². The van der Waals surface area contributed by atoms with E-state index in [9.17, 15) is 4.79 Å². The summed E-state index contributed by atoms with van der Waals surface area (Å²) < 4.78 is 67.2. The molecule has 1 aliphatic heterocycles. The van der Waals surface area contributed by atoms with Gasteiger partial charge in [-0.3, -0.25) is 9.69 Å². The SMILES string of the molecule is [2H]c1c([2H])c([2H])c(CN2CCC(CC3Cc4c([2H])c(OC)c(OC)c([2H])c4C3=O)CC2)c([2H])c1[2H]. The van der Waals surface area contributed by atoms with Gasteiger partial charge in [0.2, 0.25) is 0 Å². The standard InChI is InChI=1S/C24H29NO3/c1-27-22-14-19-13-20(24(26)21(19)15-23(22)28-2)12-17-8-10-25(11-9-17)16-18-6-4-3-5-7-18/h3-7,14-15,17,20H,8-13,16H2,1-2H3/i3D,4D,5D,6D,7D,14D,15D. The number of nitrogens with zero attached hydrogens (tertiary/aromatic N) is 1. The molecule has 0 spiro atoms. The second-order valence-electron chi connectivity index (χ2n) is 7.49. The van der Waals surface area contributed by atoms with Crippen LogP contribution in [0.25, 0.3) is 0 Å². The van der Waals surface area contributed by atoms with Crippen LogP contribution in [0.5, 0.6) is 11.5 Å². The molecule has 0 amide bonds. The lowest BCUT2D eigenvalue weighted by Crippen LogP contribution is -2.34. The van der Waals surface area contributed by atoms with Gasteiger partial charge in [0.05, 0.1) is 23.8 Å². The summed E-state index contributed by atoms with van der Waals surface area (Å²) in [6.45, 7) is 1.70. The molecule has 1 heterocycles. The van der Waals surface area contributed by atoms with Gasteiger partial charge in [0.1, 0.15) is 0 Å². The Morgan fingerprint density at radius 3 is 2.43 bits per heavy atom. The average Bonchev–Trinajstić information content (AvgIpc) is 3.18. The molecule has 1 aliphatic carbocycles. The minimum Gasteiger partial charge on any atom is -0.493 e. The Labute approximate surface area is 177 Å². The lowest BCUT2D eigenvalue weighted by Gasteiger charge is -2.32. The van der Waals surface area contributed by atoms with Crippen molar-refractivity contribution >= 4 is 5.78 Å². The predicted octanol–water partition coefficient (Wildman–Crippen LogP) is 4.36. The molecule has 2 aliphatic rings. The number of hydrogen-bond acceptors (Lipinski definition) is 4. The predicted molar refractivity (Wildman–Crippen MR) is 110 cm³/mol. The molecule has 4 rings (SSSR count). The number of likely N-dealkylation sites (tertiary alicyclic amines) is 1. The molecule has 1 unspecified atom stereocenters. The summed E-state index contributed by atoms with van der Waals surface area (Å²) in [7, 11) is 2.82. The summed E-state index contributed by atoms with van der Waals surface area (Å²) in [5.41, 5.74) is 1.14. The fourth-order valence-electron chi connectivity index (χ4n) is 4.25. The molecule has 1 saturated heterocycles. The molecule has 0 aromatic heterocycles. The van der Waals surface area contributed by atoms with Crippen LogP contribution in [-0.2, 0) is 13.0 Å². The van der Waals surface area contributed by atoms with Crippen molar-refractivity contribution in [2.45, 2.75) is 32.2 Å². The van der Waals surface area contributed by atoms with Crippen LogP contribution >= 0.6 is 0 Å². The number of methoxy groups -OCH3 is 2. The summed E-state index contributed by atoms with van der Waals surface area (Å²) >= 11 is 0. The number of carbonyl (C=O) groups excluding carboxylic acids is 1. The summed E-state index contributed by atoms with van der Waals surface area (Å²) in [6.07, 6.45) is 2.74. The summed E-state index contributed by atoms with van der Waals surface area (Å²) in [4.78, 5) is 15.3. The van der Waals surface area contributed by atoms with Crippen LogP contribution in [0.15, 0.2) is 42.3 Å². The highest BCUT2D eigenvalue weighted by atomic mass is 16.5. The largest absolute Gasteiger partial charge is 0.493 e. The number of hydrogen-bond donors (Lipinski definition) is 0. The van der Waals surface area contributed by atoms with Crippen molar-refractivity contribution in [1.82, 2.24) is 4.90 Å². The van der Waals surface area contributed by atoms with E-state index in [1.165, 1.54) is 14.2 Å². The molecule has 0 N–H and O–H groups in total. The van der Waals surface area contributed by atoms with E-state index < -0.39 is 0 Å². The normalized spacial score (nSPS) is 23.7. The first kappa shape index (κ1) is 12.3. The van der Waals surface area contributed by atoms with E-state index in [0.717, 1.165) is 12.8 Å². The Morgan fingerprint density at radius 2 is 1.75 bits per heavy atom. The first-order valence-electron chi connectivity index (χ1n) is 13.2. The highest BCUT2D eigenvalue weighted by molar-refractivity contribution is 6.02. The minimum atomic E-state index is -0.383. The second-order valence-corrected chi connectivity index (χ2v) is 7.49. The highest BCUT2D eigenvalue weighted by Gasteiger charge is 2.34. The molecule has 1 atom stereocenters. The van der Waals surface area contributed by atoms with Gasteiger partial charge in [-0.25, -0.2) is 0 Å². The number of fused-ring (bicyclic) bond motifs is 1. The number of ether oxygens (including phenoxy) is 2. The van der Waals surface area contributed by atoms with E-state index in [2.05, 4.69) is 4.90 Å². The Morgan fingerprint density at radius 1 is 1.07 bits per heavy atom. The first-order valence-corrected chi connectivity index (χ1v) is 9.66. The Bertz CT molecular complexity index is 1150. The van der Waals surface area contributed by atoms with Crippen molar-refractivity contribution in [3.63, 3.8) is 0 Å². The smallest absolute Gasteiger partial charge is 0.166 e. The Balaban J connectivity index is 1.43. The van der Waals surface area contributed by atoms with Crippen LogP contribution in [0.4, 0.5) is 0 Å². The number of Topliss-reactive ketones (excluding diaryl/α,β-unsaturated/α-hetero) is 1. The van der Waals surface area contributed by atoms with Crippen LogP contribution in [0.3, 0.4) is 0 Å². The van der Waals surface area contributed by atoms with Crippen LogP contribution < -0.4 is 9.47 Å². The van der Waals surface area contributed by atoms with E-state index in [1.807, 2.05) is 0 Å². The average molecular weight is 387 g/mol. The first-order chi connectivity index (χ1) is 16.6. The second kappa shape index (κ2) is 8.36. The van der Waals surface area contributed by atoms with E-state index in [0.29, 0.717) is 49.5 Å². The molecule has 148 valence electrons. The van der Waals surface area contributed by atoms with Gasteiger partial charge in [-0.15, -0.1) is 0 Å². The van der Waals surface area contributed by atoms with Gasteiger partial charge in [-0.05, 0) is 67.9 Å². The lowest BCUT2D eigenvalue weighted by molar-refractivity contribution is 0.0895. The van der Waals surface area contributed by atoms with Gasteiger partial charge in [0.15, 0.2) is 17.3 Å². The van der Waals surface area contributed by atoms with Gasteiger partial charge < -0.3 is 9.47 Å². The molecule has 4 nitrogen and oxygen atoms in total. The zero-order chi connectivity index (χ0) is 25.6. The number of benzene rings is 2. The maximum atomic E-state index is 13.2. The third kappa shape index (κ3) is 3.93. The third-order valence-corrected chi connectivity index (χ3v) is 5.75. The van der Waals surface area contributed by atoms with Crippen molar-refractivity contribution in [2.75, 3.05) is 27.3 Å². The maximum Gasteiger partial charge on any atom is 0.166 e. The van der Waals surface area contributed by atoms with E-state index in [1.54, 1.807) is 0 Å². The van der Waals surface area contributed by atoms with Gasteiger partial charge >= 0.3 is 0 Å². The number of rotatable bonds is 6. The van der Waals surface area contributed by atoms with Crippen molar-refractivity contribution in [2.24, 2.45) is 11.8 Å². The fourth-order valence-corrected chi connectivity index (χ4v) is 4.25. The van der Waals surface area contributed by atoms with Gasteiger partial charge in [0, 0.05) is 18.0 Å². The van der Waals surface area contributed by atoms with E-state index in [4.69, 9.17) is 19.1 Å². The number of carbonyl (C=O) groups is 1. The molecule has 0 bridgehead atoms. The van der Waals surface area contributed by atoms with Gasteiger partial charge in [-0.1, -0.05) is 30.2 Å². The third-order valence-electron chi connectivity index (χ3n) is 5.75. The Hall–Kier alpha value is -2.33. The number of ketones is 1. The molecule has 1 fully saturated rings. The minimum absolute atomic E-state index is 0.0173. The Kier molecular flexibility index (Phi) is 3.66. The molecule has 0 radical (unpaired) electrons. The maximum absolute atomic E-state index is 13.2. The molecule has 2 aromatic rings. The fraction of sp³-hybridized carbons (Fsp3) is 0.458. The highest BCUT2D eigenvalue weighted by Crippen LogP contribution is 2.39. The number of piperidine rings is 1. The van der Waals surface area contributed by atoms with Crippen molar-refractivity contribution in [3.8, 4) is 11.5 Å². The molecular formula is C24H29NO3. The molecule has 2 aromatic carbocycles. The van der Waals surface area contributed by atoms with Crippen molar-refractivity contribution in [1.29, 1.82) is 0 Å². The molecule has 0 saturated carbocycles. The zero-order valence-corrected chi connectivity index (χ0v) is 16.3. The van der Waals surface area contributed by atoms with Crippen molar-refractivity contribution < 1.29 is 23.9 Å². The molecule has 4 heteroatoms. The van der Waals surface area contributed by atoms with E-state index in [-0.39, 0.29) is 71.1 Å². The monoisotopic (exact) mass is 386 g/mol. The van der Waals surface area contributed by atoms with Crippen LogP contribution in [0.2, 0.25) is 0 Å². The van der Waals surface area contributed by atoms with Crippen LogP contribution in [0.1, 0.15) is 50.3 Å².